The molecule has 32 heavy (non-hydrogen) atoms. The molecule has 0 aliphatic carbocycles. The van der Waals surface area contributed by atoms with Crippen molar-refractivity contribution < 1.29 is 27.5 Å². The van der Waals surface area contributed by atoms with Crippen molar-refractivity contribution in [3.8, 4) is 11.5 Å². The van der Waals surface area contributed by atoms with Gasteiger partial charge in [-0.05, 0) is 50.5 Å². The van der Waals surface area contributed by atoms with Gasteiger partial charge in [-0.25, -0.2) is 8.42 Å². The van der Waals surface area contributed by atoms with E-state index in [1.807, 2.05) is 26.0 Å². The first-order chi connectivity index (χ1) is 15.3. The molecule has 10 heteroatoms. The zero-order chi connectivity index (χ0) is 22.9. The van der Waals surface area contributed by atoms with E-state index >= 15 is 0 Å². The van der Waals surface area contributed by atoms with Crippen LogP contribution < -0.4 is 20.3 Å². The molecule has 1 fully saturated rings. The van der Waals surface area contributed by atoms with Gasteiger partial charge in [0.25, 0.3) is 11.8 Å². The Morgan fingerprint density at radius 1 is 1.00 bits per heavy atom. The fourth-order valence-corrected chi connectivity index (χ4v) is 5.62. The molecule has 2 heterocycles. The number of rotatable bonds is 4. The second-order valence-electron chi connectivity index (χ2n) is 7.84. The van der Waals surface area contributed by atoms with Gasteiger partial charge in [0, 0.05) is 18.2 Å². The minimum Gasteiger partial charge on any atom is -0.486 e. The highest BCUT2D eigenvalue weighted by Crippen LogP contribution is 2.34. The van der Waals surface area contributed by atoms with Gasteiger partial charge in [-0.3, -0.25) is 20.4 Å². The Bertz CT molecular complexity index is 1160. The normalized spacial score (nSPS) is 18.2. The van der Waals surface area contributed by atoms with Crippen LogP contribution in [0.4, 0.5) is 0 Å². The van der Waals surface area contributed by atoms with Crippen LogP contribution in [0.25, 0.3) is 0 Å². The molecule has 1 unspecified atom stereocenters. The van der Waals surface area contributed by atoms with E-state index < -0.39 is 27.9 Å². The lowest BCUT2D eigenvalue weighted by Crippen LogP contribution is -2.51. The Morgan fingerprint density at radius 2 is 1.75 bits per heavy atom. The molecular formula is C22H25N3O6S. The number of carbonyl (C=O) groups is 2. The number of hydrazine groups is 1. The van der Waals surface area contributed by atoms with Gasteiger partial charge < -0.3 is 9.47 Å². The molecule has 0 saturated carbocycles. The van der Waals surface area contributed by atoms with Crippen molar-refractivity contribution >= 4 is 21.8 Å². The Morgan fingerprint density at radius 3 is 2.50 bits per heavy atom. The molecule has 0 bridgehead atoms. The second kappa shape index (κ2) is 8.79. The van der Waals surface area contributed by atoms with Gasteiger partial charge in [0.15, 0.2) is 11.5 Å². The summed E-state index contributed by atoms with van der Waals surface area (Å²) in [4.78, 5) is 25.2. The molecule has 2 aromatic carbocycles. The van der Waals surface area contributed by atoms with Gasteiger partial charge in [0.1, 0.15) is 19.3 Å². The van der Waals surface area contributed by atoms with Crippen molar-refractivity contribution in [2.45, 2.75) is 37.6 Å². The van der Waals surface area contributed by atoms with Crippen LogP contribution in [0.2, 0.25) is 0 Å². The topological polar surface area (TPSA) is 114 Å². The second-order valence-corrected chi connectivity index (χ2v) is 9.73. The van der Waals surface area contributed by atoms with Crippen LogP contribution in [-0.2, 0) is 14.8 Å². The van der Waals surface area contributed by atoms with E-state index in [-0.39, 0.29) is 11.4 Å². The van der Waals surface area contributed by atoms with Crippen molar-refractivity contribution in [2.75, 3.05) is 19.8 Å². The fraction of sp³-hybridized carbons (Fsp3) is 0.364. The average Bonchev–Trinajstić information content (AvgIpc) is 3.28. The number of fused-ring (bicyclic) bond motifs is 1. The summed E-state index contributed by atoms with van der Waals surface area (Å²) in [6.07, 6.45) is 0.891. The minimum atomic E-state index is -3.94. The van der Waals surface area contributed by atoms with Crippen LogP contribution in [0.1, 0.15) is 34.3 Å². The lowest BCUT2D eigenvalue weighted by atomic mass is 10.1. The predicted octanol–water partition coefficient (Wildman–Crippen LogP) is 1.69. The van der Waals surface area contributed by atoms with Crippen LogP contribution in [0, 0.1) is 13.8 Å². The number of ether oxygens (including phenoxy) is 2. The summed E-state index contributed by atoms with van der Waals surface area (Å²) in [5, 5.41) is 0. The van der Waals surface area contributed by atoms with Crippen LogP contribution in [-0.4, -0.2) is 50.3 Å². The van der Waals surface area contributed by atoms with Crippen molar-refractivity contribution in [3.63, 3.8) is 0 Å². The highest BCUT2D eigenvalue weighted by molar-refractivity contribution is 7.89. The van der Waals surface area contributed by atoms with Gasteiger partial charge in [-0.2, -0.15) is 4.31 Å². The summed E-state index contributed by atoms with van der Waals surface area (Å²) in [6.45, 7) is 4.68. The number of amides is 2. The van der Waals surface area contributed by atoms with Crippen molar-refractivity contribution in [2.24, 2.45) is 0 Å². The highest BCUT2D eigenvalue weighted by atomic mass is 32.2. The SMILES string of the molecule is Cc1ccc(C(=O)NNC(=O)C2CCCN2S(=O)(=O)c2ccc3c(c2)OCCO3)c(C)c1. The molecule has 2 N–H and O–H groups in total. The number of hydrogen-bond donors (Lipinski definition) is 2. The Labute approximate surface area is 186 Å². The van der Waals surface area contributed by atoms with E-state index in [1.54, 1.807) is 12.1 Å². The maximum absolute atomic E-state index is 13.2. The van der Waals surface area contributed by atoms with E-state index in [0.29, 0.717) is 43.1 Å². The Kier molecular flexibility index (Phi) is 6.07. The molecule has 1 atom stereocenters. The monoisotopic (exact) mass is 459 g/mol. The lowest BCUT2D eigenvalue weighted by Gasteiger charge is -2.24. The van der Waals surface area contributed by atoms with Crippen LogP contribution in [0.3, 0.4) is 0 Å². The first-order valence-corrected chi connectivity index (χ1v) is 11.8. The van der Waals surface area contributed by atoms with E-state index in [1.165, 1.54) is 12.1 Å². The van der Waals surface area contributed by atoms with E-state index in [0.717, 1.165) is 15.4 Å². The third-order valence-corrected chi connectivity index (χ3v) is 7.46. The van der Waals surface area contributed by atoms with Crippen LogP contribution >= 0.6 is 0 Å². The zero-order valence-electron chi connectivity index (χ0n) is 17.9. The molecule has 1 saturated heterocycles. The number of benzene rings is 2. The highest BCUT2D eigenvalue weighted by Gasteiger charge is 2.40. The van der Waals surface area contributed by atoms with Crippen LogP contribution in [0.5, 0.6) is 11.5 Å². The Hall–Kier alpha value is -3.11. The van der Waals surface area contributed by atoms with Crippen molar-refractivity contribution in [1.29, 1.82) is 0 Å². The number of carbonyl (C=O) groups excluding carboxylic acids is 2. The molecule has 2 aliphatic heterocycles. The van der Waals surface area contributed by atoms with E-state index in [2.05, 4.69) is 10.9 Å². The van der Waals surface area contributed by atoms with Crippen LogP contribution in [0.15, 0.2) is 41.3 Å². The van der Waals surface area contributed by atoms with Gasteiger partial charge in [-0.1, -0.05) is 17.7 Å². The fourth-order valence-electron chi connectivity index (χ4n) is 3.95. The van der Waals surface area contributed by atoms with Crippen molar-refractivity contribution in [3.05, 3.63) is 53.1 Å². The molecule has 2 aliphatic rings. The Balaban J connectivity index is 1.46. The lowest BCUT2D eigenvalue weighted by molar-refractivity contribution is -0.125. The molecular weight excluding hydrogens is 434 g/mol. The van der Waals surface area contributed by atoms with Gasteiger partial charge in [0.05, 0.1) is 4.90 Å². The minimum absolute atomic E-state index is 0.0285. The number of aryl methyl sites for hydroxylation is 2. The molecule has 0 spiro atoms. The zero-order valence-corrected chi connectivity index (χ0v) is 18.7. The number of hydrogen-bond acceptors (Lipinski definition) is 6. The predicted molar refractivity (Wildman–Crippen MR) is 116 cm³/mol. The first kappa shape index (κ1) is 22.1. The molecule has 2 amide bonds. The summed E-state index contributed by atoms with van der Waals surface area (Å²) < 4.78 is 38.6. The summed E-state index contributed by atoms with van der Waals surface area (Å²) in [5.74, 6) is -0.199. The maximum Gasteiger partial charge on any atom is 0.269 e. The smallest absolute Gasteiger partial charge is 0.269 e. The third-order valence-electron chi connectivity index (χ3n) is 5.55. The molecule has 4 rings (SSSR count). The van der Waals surface area contributed by atoms with E-state index in [9.17, 15) is 18.0 Å². The molecule has 0 radical (unpaired) electrons. The molecule has 0 aromatic heterocycles. The molecule has 9 nitrogen and oxygen atoms in total. The summed E-state index contributed by atoms with van der Waals surface area (Å²) in [6, 6.07) is 8.85. The number of sulfonamides is 1. The number of nitrogens with one attached hydrogen (secondary N) is 2. The molecule has 170 valence electrons. The van der Waals surface area contributed by atoms with E-state index in [4.69, 9.17) is 9.47 Å². The average molecular weight is 460 g/mol. The quantitative estimate of drug-likeness (QED) is 0.673. The van der Waals surface area contributed by atoms with Gasteiger partial charge in [-0.15, -0.1) is 0 Å². The first-order valence-electron chi connectivity index (χ1n) is 10.4. The largest absolute Gasteiger partial charge is 0.486 e. The standard InChI is InChI=1S/C22H25N3O6S/c1-14-5-7-17(15(2)12-14)21(26)23-24-22(27)18-4-3-9-25(18)32(28,29)16-6-8-19-20(13-16)31-11-10-30-19/h5-8,12-13,18H,3-4,9-11H2,1-2H3,(H,23,26)(H,24,27). The van der Waals surface area contributed by atoms with Gasteiger partial charge >= 0.3 is 0 Å². The summed E-state index contributed by atoms with van der Waals surface area (Å²) in [5.41, 5.74) is 7.00. The molecule has 2 aromatic rings. The summed E-state index contributed by atoms with van der Waals surface area (Å²) >= 11 is 0. The summed E-state index contributed by atoms with van der Waals surface area (Å²) in [7, 11) is -3.94. The van der Waals surface area contributed by atoms with Crippen molar-refractivity contribution in [1.82, 2.24) is 15.2 Å². The number of nitrogens with zero attached hydrogens (tertiary/aromatic N) is 1. The maximum atomic E-state index is 13.2. The van der Waals surface area contributed by atoms with Gasteiger partial charge in [0.2, 0.25) is 10.0 Å². The third kappa shape index (κ3) is 4.28.